The molecule has 0 amide bonds. The number of halogens is 6. The summed E-state index contributed by atoms with van der Waals surface area (Å²) in [6.07, 6.45) is -11.3. The predicted molar refractivity (Wildman–Crippen MR) is 54.8 cm³/mol. The summed E-state index contributed by atoms with van der Waals surface area (Å²) in [5.41, 5.74) is 0. The molecule has 0 spiro atoms. The van der Waals surface area contributed by atoms with Crippen LogP contribution in [-0.2, 0) is 8.85 Å². The van der Waals surface area contributed by atoms with Gasteiger partial charge in [0.05, 0.1) is 0 Å². The molecule has 104 valence electrons. The minimum absolute atomic E-state index is 1.22. The maximum Gasteiger partial charge on any atom is 0.451 e. The Bertz CT molecular complexity index is 224. The van der Waals surface area contributed by atoms with Crippen molar-refractivity contribution in [1.29, 1.82) is 0 Å². The summed E-state index contributed by atoms with van der Waals surface area (Å²) in [6.45, 7) is 4.88. The summed E-state index contributed by atoms with van der Waals surface area (Å²) in [6, 6.07) is 0. The normalized spacial score (nSPS) is 14.8. The summed E-state index contributed by atoms with van der Waals surface area (Å²) < 4.78 is 84.4. The first kappa shape index (κ1) is 16.9. The van der Waals surface area contributed by atoms with Crippen molar-refractivity contribution < 1.29 is 35.2 Å². The highest BCUT2D eigenvalue weighted by Crippen LogP contribution is 2.47. The first-order valence-electron chi connectivity index (χ1n) is 4.82. The monoisotopic (exact) mass is 300 g/mol. The first-order valence-corrected chi connectivity index (χ1v) is 10.4. The molecule has 0 unspecified atom stereocenters. The molecule has 0 fully saturated rings. The van der Waals surface area contributed by atoms with Crippen LogP contribution in [0, 0.1) is 0 Å². The van der Waals surface area contributed by atoms with Crippen molar-refractivity contribution in [2.45, 2.75) is 44.3 Å². The highest BCUT2D eigenvalue weighted by atomic mass is 28.3. The number of hydrogen-bond acceptors (Lipinski definition) is 2. The molecule has 17 heavy (non-hydrogen) atoms. The van der Waals surface area contributed by atoms with Gasteiger partial charge >= 0.3 is 18.1 Å². The molecule has 0 radical (unpaired) electrons. The van der Waals surface area contributed by atoms with Gasteiger partial charge in [-0.25, -0.2) is 0 Å². The molecule has 2 nitrogen and oxygen atoms in total. The fourth-order valence-electron chi connectivity index (χ4n) is 1.12. The summed E-state index contributed by atoms with van der Waals surface area (Å²) in [7, 11) is -5.19. The van der Waals surface area contributed by atoms with Crippen LogP contribution in [0.25, 0.3) is 0 Å². The third kappa shape index (κ3) is 3.96. The first-order chi connectivity index (χ1) is 7.33. The SMILES string of the molecule is C[SiH](C)OC(O[SiH](C)C)(C(F)(F)F)C(F)(F)F. The van der Waals surface area contributed by atoms with E-state index in [2.05, 4.69) is 8.85 Å². The Hall–Kier alpha value is -0.0662. The van der Waals surface area contributed by atoms with Crippen LogP contribution in [0.4, 0.5) is 26.3 Å². The highest BCUT2D eigenvalue weighted by Gasteiger charge is 2.74. The van der Waals surface area contributed by atoms with Crippen LogP contribution in [0.5, 0.6) is 0 Å². The number of hydrogen-bond donors (Lipinski definition) is 0. The van der Waals surface area contributed by atoms with Gasteiger partial charge in [-0.15, -0.1) is 0 Å². The van der Waals surface area contributed by atoms with Crippen LogP contribution in [0.2, 0.25) is 26.2 Å². The minimum Gasteiger partial charge on any atom is -0.381 e. The Morgan fingerprint density at radius 3 is 1.00 bits per heavy atom. The van der Waals surface area contributed by atoms with Gasteiger partial charge in [-0.2, -0.15) is 26.3 Å². The van der Waals surface area contributed by atoms with Crippen LogP contribution in [0.1, 0.15) is 0 Å². The fourth-order valence-corrected chi connectivity index (χ4v) is 3.20. The van der Waals surface area contributed by atoms with E-state index in [-0.39, 0.29) is 0 Å². The zero-order chi connectivity index (χ0) is 14.1. The van der Waals surface area contributed by atoms with Crippen LogP contribution in [0.3, 0.4) is 0 Å². The molecule has 0 rings (SSSR count). The van der Waals surface area contributed by atoms with Crippen molar-refractivity contribution in [3.8, 4) is 0 Å². The highest BCUT2D eigenvalue weighted by molar-refractivity contribution is 6.49. The van der Waals surface area contributed by atoms with Crippen molar-refractivity contribution in [3.63, 3.8) is 0 Å². The second kappa shape index (κ2) is 5.28. The molecule has 0 saturated heterocycles. The molecular formula is C7H14F6O2Si2. The predicted octanol–water partition coefficient (Wildman–Crippen LogP) is 2.81. The van der Waals surface area contributed by atoms with E-state index in [1.54, 1.807) is 0 Å². The molecule has 0 heterocycles. The third-order valence-corrected chi connectivity index (χ3v) is 3.16. The lowest BCUT2D eigenvalue weighted by atomic mass is 10.3. The van der Waals surface area contributed by atoms with E-state index >= 15 is 0 Å². The average molecular weight is 300 g/mol. The number of rotatable bonds is 4. The largest absolute Gasteiger partial charge is 0.451 e. The zero-order valence-electron chi connectivity index (χ0n) is 9.74. The molecule has 0 atom stereocenters. The van der Waals surface area contributed by atoms with Crippen LogP contribution >= 0.6 is 0 Å². The van der Waals surface area contributed by atoms with Gasteiger partial charge in [0.15, 0.2) is 18.1 Å². The van der Waals surface area contributed by atoms with Gasteiger partial charge in [0.1, 0.15) is 0 Å². The molecule has 0 bridgehead atoms. The third-order valence-electron chi connectivity index (χ3n) is 1.55. The van der Waals surface area contributed by atoms with Gasteiger partial charge < -0.3 is 8.85 Å². The summed E-state index contributed by atoms with van der Waals surface area (Å²) in [4.78, 5) is 0. The summed E-state index contributed by atoms with van der Waals surface area (Å²) in [5.74, 6) is -4.46. The van der Waals surface area contributed by atoms with Crippen LogP contribution < -0.4 is 0 Å². The Morgan fingerprint density at radius 2 is 0.882 bits per heavy atom. The summed E-state index contributed by atoms with van der Waals surface area (Å²) in [5, 5.41) is 0. The maximum absolute atomic E-state index is 12.7. The summed E-state index contributed by atoms with van der Waals surface area (Å²) >= 11 is 0. The smallest absolute Gasteiger partial charge is 0.381 e. The van der Waals surface area contributed by atoms with E-state index in [9.17, 15) is 26.3 Å². The van der Waals surface area contributed by atoms with E-state index in [0.717, 1.165) is 0 Å². The lowest BCUT2D eigenvalue weighted by Gasteiger charge is -2.39. The lowest BCUT2D eigenvalue weighted by Crippen LogP contribution is -2.63. The Kier molecular flexibility index (Phi) is 5.26. The standard InChI is InChI=1S/C7H14F6O2Si2/c1-16(2)14-5(6(8,9)10,7(11,12)13)15-17(3)4/h16-17H,1-4H3. The van der Waals surface area contributed by atoms with Crippen LogP contribution in [-0.4, -0.2) is 36.2 Å². The molecule has 0 aromatic carbocycles. The second-order valence-corrected chi connectivity index (χ2v) is 8.61. The molecule has 0 N–H and O–H groups in total. The lowest BCUT2D eigenvalue weighted by molar-refractivity contribution is -0.427. The Morgan fingerprint density at radius 1 is 0.647 bits per heavy atom. The zero-order valence-corrected chi connectivity index (χ0v) is 12.0. The molecule has 0 aliphatic heterocycles. The van der Waals surface area contributed by atoms with E-state index in [0.29, 0.717) is 0 Å². The molecular weight excluding hydrogens is 286 g/mol. The second-order valence-electron chi connectivity index (χ2n) is 3.95. The van der Waals surface area contributed by atoms with Crippen molar-refractivity contribution in [2.75, 3.05) is 0 Å². The van der Waals surface area contributed by atoms with Gasteiger partial charge in [0.25, 0.3) is 0 Å². The van der Waals surface area contributed by atoms with Gasteiger partial charge in [-0.05, 0) is 26.2 Å². The topological polar surface area (TPSA) is 18.5 Å². The van der Waals surface area contributed by atoms with Gasteiger partial charge in [-0.1, -0.05) is 0 Å². The Balaban J connectivity index is 5.55. The average Bonchev–Trinajstić information content (AvgIpc) is 1.96. The van der Waals surface area contributed by atoms with E-state index in [1.165, 1.54) is 26.2 Å². The fraction of sp³-hybridized carbons (Fsp3) is 1.00. The molecule has 10 heteroatoms. The van der Waals surface area contributed by atoms with Gasteiger partial charge in [0, 0.05) is 0 Å². The molecule has 0 saturated carbocycles. The van der Waals surface area contributed by atoms with Crippen molar-refractivity contribution in [3.05, 3.63) is 0 Å². The molecule has 0 aliphatic carbocycles. The van der Waals surface area contributed by atoms with Gasteiger partial charge in [-0.3, -0.25) is 0 Å². The van der Waals surface area contributed by atoms with Crippen LogP contribution in [0.15, 0.2) is 0 Å². The van der Waals surface area contributed by atoms with Crippen molar-refractivity contribution in [2.24, 2.45) is 0 Å². The molecule has 0 aliphatic rings. The van der Waals surface area contributed by atoms with E-state index < -0.39 is 36.2 Å². The van der Waals surface area contributed by atoms with E-state index in [1.807, 2.05) is 0 Å². The maximum atomic E-state index is 12.7. The van der Waals surface area contributed by atoms with E-state index in [4.69, 9.17) is 0 Å². The van der Waals surface area contributed by atoms with Gasteiger partial charge in [0.2, 0.25) is 0 Å². The quantitative estimate of drug-likeness (QED) is 0.451. The number of alkyl halides is 6. The van der Waals surface area contributed by atoms with Crippen molar-refractivity contribution in [1.82, 2.24) is 0 Å². The molecule has 0 aromatic rings. The minimum atomic E-state index is -5.64. The molecule has 0 aromatic heterocycles. The Labute approximate surface area is 98.4 Å². The van der Waals surface area contributed by atoms with Crippen molar-refractivity contribution >= 4 is 18.1 Å².